The first-order valence-electron chi connectivity index (χ1n) is 9.15. The number of rotatable bonds is 5. The third-order valence-electron chi connectivity index (χ3n) is 5.12. The van der Waals surface area contributed by atoms with Gasteiger partial charge < -0.3 is 19.7 Å². The van der Waals surface area contributed by atoms with E-state index >= 15 is 0 Å². The molecule has 7 heteroatoms. The summed E-state index contributed by atoms with van der Waals surface area (Å²) in [4.78, 5) is 32.7. The second kappa shape index (κ2) is 7.19. The molecule has 0 radical (unpaired) electrons. The number of nitrogens with one attached hydrogen (secondary N) is 1. The Hall–Kier alpha value is -2.83. The maximum atomic E-state index is 12.4. The lowest BCUT2D eigenvalue weighted by Crippen LogP contribution is -2.39. The van der Waals surface area contributed by atoms with Gasteiger partial charge in [0.05, 0.1) is 6.04 Å². The summed E-state index contributed by atoms with van der Waals surface area (Å²) in [5.74, 6) is -0.219. The van der Waals surface area contributed by atoms with Gasteiger partial charge in [0, 0.05) is 50.5 Å². The highest BCUT2D eigenvalue weighted by Crippen LogP contribution is 2.24. The van der Waals surface area contributed by atoms with Crippen LogP contribution in [0, 0.1) is 0 Å². The minimum atomic E-state index is -0.219. The first kappa shape index (κ1) is 16.6. The molecule has 2 fully saturated rings. The molecule has 0 aliphatic carbocycles. The Labute approximate surface area is 152 Å². The van der Waals surface area contributed by atoms with Crippen LogP contribution in [0.25, 0.3) is 5.69 Å². The Kier molecular flexibility index (Phi) is 4.60. The maximum absolute atomic E-state index is 12.4. The van der Waals surface area contributed by atoms with Gasteiger partial charge >= 0.3 is 6.03 Å². The van der Waals surface area contributed by atoms with Gasteiger partial charge in [-0.1, -0.05) is 0 Å². The summed E-state index contributed by atoms with van der Waals surface area (Å²) < 4.78 is 1.93. The maximum Gasteiger partial charge on any atom is 0.320 e. The Balaban J connectivity index is 1.32. The predicted octanol–water partition coefficient (Wildman–Crippen LogP) is 1.89. The van der Waals surface area contributed by atoms with Crippen LogP contribution < -0.4 is 5.32 Å². The zero-order chi connectivity index (χ0) is 17.9. The first-order chi connectivity index (χ1) is 12.7. The highest BCUT2D eigenvalue weighted by molar-refractivity contribution is 5.92. The van der Waals surface area contributed by atoms with E-state index in [0.717, 1.165) is 31.6 Å². The Morgan fingerprint density at radius 3 is 2.92 bits per heavy atom. The van der Waals surface area contributed by atoms with E-state index in [-0.39, 0.29) is 11.9 Å². The minimum absolute atomic E-state index is 0.108. The van der Waals surface area contributed by atoms with Crippen LogP contribution in [0.2, 0.25) is 0 Å². The van der Waals surface area contributed by atoms with Crippen LogP contribution in [0.5, 0.6) is 0 Å². The Morgan fingerprint density at radius 1 is 1.27 bits per heavy atom. The molecule has 0 aromatic carbocycles. The zero-order valence-electron chi connectivity index (χ0n) is 14.7. The molecular weight excluding hydrogens is 330 g/mol. The van der Waals surface area contributed by atoms with Crippen molar-refractivity contribution in [3.05, 3.63) is 48.5 Å². The van der Waals surface area contributed by atoms with Crippen molar-refractivity contribution in [2.75, 3.05) is 26.2 Å². The number of urea groups is 1. The van der Waals surface area contributed by atoms with Gasteiger partial charge in [0.1, 0.15) is 5.69 Å². The summed E-state index contributed by atoms with van der Waals surface area (Å²) in [6.45, 7) is 2.61. The molecule has 4 rings (SSSR count). The van der Waals surface area contributed by atoms with E-state index in [1.54, 1.807) is 12.3 Å². The molecular formula is C19H23N5O2. The molecule has 2 aliphatic heterocycles. The fourth-order valence-electron chi connectivity index (χ4n) is 3.75. The highest BCUT2D eigenvalue weighted by Gasteiger charge is 2.37. The van der Waals surface area contributed by atoms with Crippen LogP contribution in [-0.2, 0) is 0 Å². The lowest BCUT2D eigenvalue weighted by molar-refractivity contribution is 0.0945. The van der Waals surface area contributed by atoms with Crippen LogP contribution in [0.1, 0.15) is 29.8 Å². The van der Waals surface area contributed by atoms with E-state index in [9.17, 15) is 9.59 Å². The van der Waals surface area contributed by atoms with E-state index in [4.69, 9.17) is 0 Å². The van der Waals surface area contributed by atoms with Gasteiger partial charge in [-0.15, -0.1) is 0 Å². The zero-order valence-corrected chi connectivity index (χ0v) is 14.7. The number of aromatic nitrogens is 2. The van der Waals surface area contributed by atoms with Crippen LogP contribution in [0.3, 0.4) is 0 Å². The van der Waals surface area contributed by atoms with Crippen molar-refractivity contribution >= 4 is 11.9 Å². The molecule has 7 nitrogen and oxygen atoms in total. The highest BCUT2D eigenvalue weighted by atomic mass is 16.2. The standard InChI is InChI=1S/C19H23N5O2/c25-18(17-13-15(6-7-20-17)22-9-3-4-10-22)21-8-12-23-14-16-5-1-2-11-24(16)19(23)26/h3-4,6-7,9-10,13,16H,1-2,5,8,11-12,14H2,(H,21,25). The lowest BCUT2D eigenvalue weighted by atomic mass is 10.0. The monoisotopic (exact) mass is 353 g/mol. The smallest absolute Gasteiger partial charge is 0.320 e. The van der Waals surface area contributed by atoms with Gasteiger partial charge in [0.25, 0.3) is 5.91 Å². The molecule has 3 amide bonds. The van der Waals surface area contributed by atoms with E-state index in [1.165, 1.54) is 6.42 Å². The van der Waals surface area contributed by atoms with Gasteiger partial charge in [-0.2, -0.15) is 0 Å². The largest absolute Gasteiger partial charge is 0.349 e. The number of piperidine rings is 1. The number of pyridine rings is 1. The molecule has 1 unspecified atom stereocenters. The molecule has 2 aliphatic rings. The number of hydrogen-bond donors (Lipinski definition) is 1. The Morgan fingerprint density at radius 2 is 2.12 bits per heavy atom. The number of hydrogen-bond acceptors (Lipinski definition) is 3. The van der Waals surface area contributed by atoms with Crippen molar-refractivity contribution in [2.45, 2.75) is 25.3 Å². The third kappa shape index (κ3) is 3.29. The molecule has 0 bridgehead atoms. The second-order valence-corrected chi connectivity index (χ2v) is 6.82. The van der Waals surface area contributed by atoms with Crippen molar-refractivity contribution in [1.82, 2.24) is 24.7 Å². The molecule has 0 saturated carbocycles. The quantitative estimate of drug-likeness (QED) is 0.892. The second-order valence-electron chi connectivity index (χ2n) is 6.82. The number of amides is 3. The fraction of sp³-hybridized carbons (Fsp3) is 0.421. The van der Waals surface area contributed by atoms with Gasteiger partial charge in [0.2, 0.25) is 0 Å². The fourth-order valence-corrected chi connectivity index (χ4v) is 3.75. The van der Waals surface area contributed by atoms with Crippen LogP contribution >= 0.6 is 0 Å². The minimum Gasteiger partial charge on any atom is -0.349 e. The van der Waals surface area contributed by atoms with Crippen molar-refractivity contribution in [3.8, 4) is 5.69 Å². The Bertz CT molecular complexity index is 789. The molecule has 1 N–H and O–H groups in total. The van der Waals surface area contributed by atoms with Crippen molar-refractivity contribution in [1.29, 1.82) is 0 Å². The average molecular weight is 353 g/mol. The van der Waals surface area contributed by atoms with Crippen molar-refractivity contribution < 1.29 is 9.59 Å². The topological polar surface area (TPSA) is 70.5 Å². The van der Waals surface area contributed by atoms with Gasteiger partial charge in [0.15, 0.2) is 0 Å². The van der Waals surface area contributed by atoms with E-state index in [1.807, 2.05) is 45.0 Å². The summed E-state index contributed by atoms with van der Waals surface area (Å²) in [6.07, 6.45) is 8.85. The SMILES string of the molecule is O=C(NCCN1CC2CCCCN2C1=O)c1cc(-n2cccc2)ccn1. The van der Waals surface area contributed by atoms with E-state index in [0.29, 0.717) is 24.8 Å². The van der Waals surface area contributed by atoms with Crippen LogP contribution in [0.15, 0.2) is 42.9 Å². The average Bonchev–Trinajstić information content (AvgIpc) is 3.31. The summed E-state index contributed by atoms with van der Waals surface area (Å²) in [7, 11) is 0. The number of carbonyl (C=O) groups excluding carboxylic acids is 2. The molecule has 26 heavy (non-hydrogen) atoms. The summed E-state index contributed by atoms with van der Waals surface area (Å²) in [5.41, 5.74) is 1.27. The van der Waals surface area contributed by atoms with Gasteiger partial charge in [-0.3, -0.25) is 9.78 Å². The molecule has 136 valence electrons. The van der Waals surface area contributed by atoms with E-state index < -0.39 is 0 Å². The lowest BCUT2D eigenvalue weighted by Gasteiger charge is -2.27. The predicted molar refractivity (Wildman–Crippen MR) is 97.2 cm³/mol. The van der Waals surface area contributed by atoms with Crippen molar-refractivity contribution in [3.63, 3.8) is 0 Å². The first-order valence-corrected chi connectivity index (χ1v) is 9.15. The molecule has 0 spiro atoms. The molecule has 1 atom stereocenters. The molecule has 2 aromatic rings. The van der Waals surface area contributed by atoms with Gasteiger partial charge in [-0.25, -0.2) is 4.79 Å². The molecule has 2 saturated heterocycles. The number of carbonyl (C=O) groups is 2. The normalized spacial score (nSPS) is 19.5. The number of fused-ring (bicyclic) bond motifs is 1. The summed E-state index contributed by atoms with van der Waals surface area (Å²) in [6, 6.07) is 7.94. The van der Waals surface area contributed by atoms with Crippen molar-refractivity contribution in [2.24, 2.45) is 0 Å². The van der Waals surface area contributed by atoms with Crippen LogP contribution in [-0.4, -0.2) is 63.5 Å². The molecule has 4 heterocycles. The summed E-state index contributed by atoms with van der Waals surface area (Å²) in [5, 5.41) is 2.88. The summed E-state index contributed by atoms with van der Waals surface area (Å²) >= 11 is 0. The van der Waals surface area contributed by atoms with Crippen LogP contribution in [0.4, 0.5) is 4.79 Å². The van der Waals surface area contributed by atoms with E-state index in [2.05, 4.69) is 10.3 Å². The third-order valence-corrected chi connectivity index (χ3v) is 5.12. The molecule has 2 aromatic heterocycles. The van der Waals surface area contributed by atoms with Gasteiger partial charge in [-0.05, 0) is 43.5 Å². The number of nitrogens with zero attached hydrogens (tertiary/aromatic N) is 4.